The fourth-order valence-corrected chi connectivity index (χ4v) is 2.90. The Morgan fingerprint density at radius 3 is 2.46 bits per heavy atom. The Bertz CT molecular complexity index is 1150. The first-order valence-corrected chi connectivity index (χ1v) is 8.12. The minimum Gasteiger partial charge on any atom is -0.507 e. The first-order valence-electron chi connectivity index (χ1n) is 8.12. The molecule has 0 unspecified atom stereocenters. The monoisotopic (exact) mass is 344 g/mol. The maximum Gasteiger partial charge on any atom is 0.259 e. The summed E-state index contributed by atoms with van der Waals surface area (Å²) in [6, 6.07) is 20.0. The SMILES string of the molecule is COc1ccc(-c2ccc(O)c(-c3nc4ccccc4c(=O)[nH]3)c2)cc1. The normalized spacial score (nSPS) is 10.8. The van der Waals surface area contributed by atoms with Crippen LogP contribution in [0.4, 0.5) is 0 Å². The zero-order chi connectivity index (χ0) is 18.1. The molecule has 0 fully saturated rings. The van der Waals surface area contributed by atoms with Gasteiger partial charge in [0, 0.05) is 0 Å². The summed E-state index contributed by atoms with van der Waals surface area (Å²) in [4.78, 5) is 19.6. The quantitative estimate of drug-likeness (QED) is 0.590. The second-order valence-electron chi connectivity index (χ2n) is 5.89. The molecule has 5 nitrogen and oxygen atoms in total. The predicted octanol–water partition coefficient (Wildman–Crippen LogP) is 3.97. The van der Waals surface area contributed by atoms with Crippen molar-refractivity contribution >= 4 is 10.9 Å². The van der Waals surface area contributed by atoms with Crippen molar-refractivity contribution in [2.24, 2.45) is 0 Å². The lowest BCUT2D eigenvalue weighted by atomic mass is 10.0. The highest BCUT2D eigenvalue weighted by molar-refractivity contribution is 5.81. The Morgan fingerprint density at radius 1 is 0.962 bits per heavy atom. The van der Waals surface area contributed by atoms with Crippen molar-refractivity contribution in [3.8, 4) is 34.0 Å². The number of aromatic nitrogens is 2. The van der Waals surface area contributed by atoms with Gasteiger partial charge in [0.25, 0.3) is 5.56 Å². The van der Waals surface area contributed by atoms with Crippen LogP contribution in [0, 0.1) is 0 Å². The fraction of sp³-hybridized carbons (Fsp3) is 0.0476. The molecular weight excluding hydrogens is 328 g/mol. The minimum atomic E-state index is -0.236. The van der Waals surface area contributed by atoms with Crippen LogP contribution in [0.25, 0.3) is 33.4 Å². The summed E-state index contributed by atoms with van der Waals surface area (Å²) in [6.45, 7) is 0. The Labute approximate surface area is 149 Å². The van der Waals surface area contributed by atoms with Crippen molar-refractivity contribution in [2.75, 3.05) is 7.11 Å². The van der Waals surface area contributed by atoms with Crippen LogP contribution in [0.3, 0.4) is 0 Å². The first kappa shape index (κ1) is 15.9. The number of H-pyrrole nitrogens is 1. The molecule has 3 aromatic carbocycles. The highest BCUT2D eigenvalue weighted by Crippen LogP contribution is 2.32. The maximum absolute atomic E-state index is 12.3. The third-order valence-electron chi connectivity index (χ3n) is 4.29. The lowest BCUT2D eigenvalue weighted by Crippen LogP contribution is -2.09. The van der Waals surface area contributed by atoms with Crippen LogP contribution in [0.1, 0.15) is 0 Å². The lowest BCUT2D eigenvalue weighted by Gasteiger charge is -2.09. The summed E-state index contributed by atoms with van der Waals surface area (Å²) in [6.07, 6.45) is 0. The average Bonchev–Trinajstić information content (AvgIpc) is 2.68. The smallest absolute Gasteiger partial charge is 0.259 e. The van der Waals surface area contributed by atoms with Crippen molar-refractivity contribution in [3.05, 3.63) is 77.1 Å². The molecule has 0 spiro atoms. The number of hydrogen-bond acceptors (Lipinski definition) is 4. The van der Waals surface area contributed by atoms with E-state index >= 15 is 0 Å². The van der Waals surface area contributed by atoms with Gasteiger partial charge >= 0.3 is 0 Å². The molecular formula is C21H16N2O3. The van der Waals surface area contributed by atoms with E-state index in [2.05, 4.69) is 9.97 Å². The number of aromatic amines is 1. The predicted molar refractivity (Wildman–Crippen MR) is 101 cm³/mol. The number of nitrogens with one attached hydrogen (secondary N) is 1. The van der Waals surface area contributed by atoms with Crippen LogP contribution in [-0.2, 0) is 0 Å². The zero-order valence-corrected chi connectivity index (χ0v) is 14.1. The highest BCUT2D eigenvalue weighted by Gasteiger charge is 2.11. The number of hydrogen-bond donors (Lipinski definition) is 2. The number of phenolic OH excluding ortho intramolecular Hbond substituents is 1. The number of nitrogens with zero attached hydrogens (tertiary/aromatic N) is 1. The number of rotatable bonds is 3. The van der Waals surface area contributed by atoms with Gasteiger partial charge in [0.15, 0.2) is 0 Å². The van der Waals surface area contributed by atoms with Gasteiger partial charge in [-0.3, -0.25) is 4.79 Å². The van der Waals surface area contributed by atoms with E-state index in [-0.39, 0.29) is 11.3 Å². The first-order chi connectivity index (χ1) is 12.7. The molecule has 0 aliphatic heterocycles. The lowest BCUT2D eigenvalue weighted by molar-refractivity contribution is 0.415. The third kappa shape index (κ3) is 2.80. The second-order valence-corrected chi connectivity index (χ2v) is 5.89. The van der Waals surface area contributed by atoms with Crippen molar-refractivity contribution in [2.45, 2.75) is 0 Å². The van der Waals surface area contributed by atoms with Crippen LogP contribution in [-0.4, -0.2) is 22.2 Å². The summed E-state index contributed by atoms with van der Waals surface area (Å²) in [7, 11) is 1.62. The van der Waals surface area contributed by atoms with E-state index in [9.17, 15) is 9.90 Å². The molecule has 0 saturated carbocycles. The number of benzene rings is 3. The third-order valence-corrected chi connectivity index (χ3v) is 4.29. The van der Waals surface area contributed by atoms with Crippen LogP contribution >= 0.6 is 0 Å². The fourth-order valence-electron chi connectivity index (χ4n) is 2.90. The number of aromatic hydroxyl groups is 1. The van der Waals surface area contributed by atoms with Gasteiger partial charge in [-0.2, -0.15) is 0 Å². The summed E-state index contributed by atoms with van der Waals surface area (Å²) in [5.74, 6) is 1.16. The van der Waals surface area contributed by atoms with Crippen molar-refractivity contribution < 1.29 is 9.84 Å². The molecule has 0 aliphatic rings. The van der Waals surface area contributed by atoms with Crippen LogP contribution in [0.15, 0.2) is 71.5 Å². The van der Waals surface area contributed by atoms with E-state index < -0.39 is 0 Å². The topological polar surface area (TPSA) is 75.2 Å². The maximum atomic E-state index is 12.3. The molecule has 0 radical (unpaired) electrons. The summed E-state index contributed by atoms with van der Waals surface area (Å²) < 4.78 is 5.18. The van der Waals surface area contributed by atoms with E-state index in [1.165, 1.54) is 0 Å². The van der Waals surface area contributed by atoms with Gasteiger partial charge in [0.1, 0.15) is 17.3 Å². The molecule has 4 rings (SSSR count). The number of methoxy groups -OCH3 is 1. The Morgan fingerprint density at radius 2 is 1.69 bits per heavy atom. The van der Waals surface area contributed by atoms with Crippen LogP contribution < -0.4 is 10.3 Å². The minimum absolute atomic E-state index is 0.0562. The highest BCUT2D eigenvalue weighted by atomic mass is 16.5. The summed E-state index contributed by atoms with van der Waals surface area (Å²) in [5.41, 5.74) is 2.69. The van der Waals surface area contributed by atoms with Crippen LogP contribution in [0.2, 0.25) is 0 Å². The van der Waals surface area contributed by atoms with E-state index in [1.54, 1.807) is 31.4 Å². The van der Waals surface area contributed by atoms with E-state index in [1.807, 2.05) is 42.5 Å². The zero-order valence-electron chi connectivity index (χ0n) is 14.1. The van der Waals surface area contributed by atoms with Gasteiger partial charge in [-0.25, -0.2) is 4.98 Å². The van der Waals surface area contributed by atoms with E-state index in [0.29, 0.717) is 22.3 Å². The standard InChI is InChI=1S/C21H16N2O3/c1-26-15-9-6-13(7-10-15)14-8-11-19(24)17(12-14)20-22-18-5-3-2-4-16(18)21(25)23-20/h2-12,24H,1H3,(H,22,23,25). The molecule has 26 heavy (non-hydrogen) atoms. The molecule has 4 aromatic rings. The van der Waals surface area contributed by atoms with Gasteiger partial charge in [-0.15, -0.1) is 0 Å². The van der Waals surface area contributed by atoms with Gasteiger partial charge in [-0.05, 0) is 47.5 Å². The number of phenols is 1. The van der Waals surface area contributed by atoms with Crippen molar-refractivity contribution in [3.63, 3.8) is 0 Å². The average molecular weight is 344 g/mol. The van der Waals surface area contributed by atoms with Gasteiger partial charge in [-0.1, -0.05) is 30.3 Å². The van der Waals surface area contributed by atoms with Crippen molar-refractivity contribution in [1.82, 2.24) is 9.97 Å². The number of para-hydroxylation sites is 1. The van der Waals surface area contributed by atoms with Gasteiger partial charge in [0.2, 0.25) is 0 Å². The van der Waals surface area contributed by atoms with Gasteiger partial charge < -0.3 is 14.8 Å². The largest absolute Gasteiger partial charge is 0.507 e. The second kappa shape index (κ2) is 6.37. The molecule has 128 valence electrons. The molecule has 0 atom stereocenters. The van der Waals surface area contributed by atoms with E-state index in [4.69, 9.17) is 4.74 Å². The number of fused-ring (bicyclic) bond motifs is 1. The molecule has 0 saturated heterocycles. The van der Waals surface area contributed by atoms with E-state index in [0.717, 1.165) is 16.9 Å². The Kier molecular flexibility index (Phi) is 3.89. The molecule has 5 heteroatoms. The summed E-state index contributed by atoms with van der Waals surface area (Å²) in [5, 5.41) is 10.8. The Hall–Kier alpha value is -3.60. The molecule has 0 aliphatic carbocycles. The number of ether oxygens (including phenoxy) is 1. The van der Waals surface area contributed by atoms with Gasteiger partial charge in [0.05, 0.1) is 23.6 Å². The molecule has 2 N–H and O–H groups in total. The van der Waals surface area contributed by atoms with Crippen LogP contribution in [0.5, 0.6) is 11.5 Å². The molecule has 1 heterocycles. The summed E-state index contributed by atoms with van der Waals surface area (Å²) >= 11 is 0. The Balaban J connectivity index is 1.85. The molecule has 1 aromatic heterocycles. The molecule has 0 amide bonds. The van der Waals surface area contributed by atoms with Crippen molar-refractivity contribution in [1.29, 1.82) is 0 Å². The molecule has 0 bridgehead atoms.